The number of hydrogen-bond acceptors (Lipinski definition) is 2. The maximum atomic E-state index is 10.0. The Bertz CT molecular complexity index is 221. The highest BCUT2D eigenvalue weighted by molar-refractivity contribution is 5.85. The van der Waals surface area contributed by atoms with Gasteiger partial charge in [0, 0.05) is 5.54 Å². The third-order valence-electron chi connectivity index (χ3n) is 4.05. The molecule has 4 rings (SSSR count). The Balaban J connectivity index is 0.000000563. The van der Waals surface area contributed by atoms with Gasteiger partial charge in [-0.3, -0.25) is 0 Å². The van der Waals surface area contributed by atoms with Crippen LogP contribution in [0.2, 0.25) is 0 Å². The lowest BCUT2D eigenvalue weighted by molar-refractivity contribution is -0.0130. The molecule has 4 aliphatic carbocycles. The maximum Gasteiger partial charge on any atom is 0.0671 e. The van der Waals surface area contributed by atoms with Crippen LogP contribution < -0.4 is 5.73 Å². The minimum atomic E-state index is -0.347. The molecule has 0 aromatic rings. The molecule has 70 valence electrons. The monoisotopic (exact) mass is 189 g/mol. The number of nitrogens with two attached hydrogens (primary N) is 1. The van der Waals surface area contributed by atoms with Crippen LogP contribution in [0, 0.1) is 11.8 Å². The van der Waals surface area contributed by atoms with Gasteiger partial charge in [-0.15, -0.1) is 12.4 Å². The van der Waals surface area contributed by atoms with Crippen LogP contribution in [0.4, 0.5) is 0 Å². The van der Waals surface area contributed by atoms with E-state index < -0.39 is 0 Å². The second-order valence-corrected chi connectivity index (χ2v) is 5.05. The van der Waals surface area contributed by atoms with Gasteiger partial charge >= 0.3 is 0 Å². The van der Waals surface area contributed by atoms with E-state index in [0.29, 0.717) is 5.92 Å². The van der Waals surface area contributed by atoms with Crippen LogP contribution in [0.15, 0.2) is 0 Å². The quantitative estimate of drug-likeness (QED) is 0.599. The van der Waals surface area contributed by atoms with Crippen molar-refractivity contribution in [3.63, 3.8) is 0 Å². The van der Waals surface area contributed by atoms with Crippen molar-refractivity contribution in [2.75, 3.05) is 0 Å². The largest absolute Gasteiger partial charge is 0.390 e. The Morgan fingerprint density at radius 3 is 2.50 bits per heavy atom. The fourth-order valence-corrected chi connectivity index (χ4v) is 3.92. The molecule has 12 heavy (non-hydrogen) atoms. The smallest absolute Gasteiger partial charge is 0.0671 e. The van der Waals surface area contributed by atoms with E-state index in [1.165, 1.54) is 12.8 Å². The highest BCUT2D eigenvalue weighted by Gasteiger charge is 2.61. The van der Waals surface area contributed by atoms with Crippen LogP contribution in [0.25, 0.3) is 0 Å². The molecule has 4 unspecified atom stereocenters. The van der Waals surface area contributed by atoms with Crippen LogP contribution in [-0.4, -0.2) is 16.2 Å². The molecule has 0 radical (unpaired) electrons. The summed E-state index contributed by atoms with van der Waals surface area (Å²) in [7, 11) is 0. The van der Waals surface area contributed by atoms with Crippen LogP contribution >= 0.6 is 12.4 Å². The Hall–Kier alpha value is 0.210. The fraction of sp³-hybridized carbons (Fsp3) is 1.00. The van der Waals surface area contributed by atoms with E-state index in [2.05, 4.69) is 0 Å². The van der Waals surface area contributed by atoms with Crippen LogP contribution in [0.1, 0.15) is 32.1 Å². The first-order valence-corrected chi connectivity index (χ1v) is 4.61. The van der Waals surface area contributed by atoms with Crippen LogP contribution in [0.5, 0.6) is 0 Å². The molecule has 0 spiro atoms. The Labute approximate surface area is 78.9 Å². The SMILES string of the molecule is Cl.NC12CC3CC1CC(O)(C3)C2. The van der Waals surface area contributed by atoms with Crippen molar-refractivity contribution < 1.29 is 5.11 Å². The van der Waals surface area contributed by atoms with E-state index in [1.807, 2.05) is 0 Å². The highest BCUT2D eigenvalue weighted by Crippen LogP contribution is 2.60. The molecule has 4 atom stereocenters. The van der Waals surface area contributed by atoms with E-state index >= 15 is 0 Å². The summed E-state index contributed by atoms with van der Waals surface area (Å²) in [5.41, 5.74) is 5.90. The Kier molecular flexibility index (Phi) is 1.59. The van der Waals surface area contributed by atoms with Crippen molar-refractivity contribution in [1.82, 2.24) is 0 Å². The third-order valence-corrected chi connectivity index (χ3v) is 4.05. The van der Waals surface area contributed by atoms with E-state index in [-0.39, 0.29) is 23.5 Å². The molecule has 3 heteroatoms. The summed E-state index contributed by atoms with van der Waals surface area (Å²) in [6, 6.07) is 0. The van der Waals surface area contributed by atoms with Gasteiger partial charge in [0.25, 0.3) is 0 Å². The summed E-state index contributed by atoms with van der Waals surface area (Å²) < 4.78 is 0. The molecule has 0 aromatic heterocycles. The van der Waals surface area contributed by atoms with E-state index in [9.17, 15) is 5.11 Å². The number of hydrogen-bond donors (Lipinski definition) is 2. The molecule has 0 heterocycles. The van der Waals surface area contributed by atoms with Crippen molar-refractivity contribution in [3.05, 3.63) is 0 Å². The van der Waals surface area contributed by atoms with Gasteiger partial charge in [0.05, 0.1) is 5.60 Å². The predicted molar refractivity (Wildman–Crippen MR) is 49.2 cm³/mol. The maximum absolute atomic E-state index is 10.0. The molecule has 4 aliphatic rings. The summed E-state index contributed by atoms with van der Waals surface area (Å²) in [6.07, 6.45) is 5.36. The van der Waals surface area contributed by atoms with E-state index in [1.54, 1.807) is 0 Å². The highest BCUT2D eigenvalue weighted by atomic mass is 35.5. The second kappa shape index (κ2) is 2.17. The van der Waals surface area contributed by atoms with Gasteiger partial charge in [-0.1, -0.05) is 0 Å². The zero-order chi connectivity index (χ0) is 7.69. The van der Waals surface area contributed by atoms with Crippen LogP contribution in [-0.2, 0) is 0 Å². The van der Waals surface area contributed by atoms with Crippen molar-refractivity contribution >= 4 is 12.4 Å². The molecule has 0 aliphatic heterocycles. The lowest BCUT2D eigenvalue weighted by atomic mass is 9.77. The topological polar surface area (TPSA) is 46.2 Å². The first-order chi connectivity index (χ1) is 5.10. The molecule has 0 amide bonds. The second-order valence-electron chi connectivity index (χ2n) is 5.05. The van der Waals surface area contributed by atoms with Crippen LogP contribution in [0.3, 0.4) is 0 Å². The fourth-order valence-electron chi connectivity index (χ4n) is 3.92. The van der Waals surface area contributed by atoms with Gasteiger partial charge in [0.1, 0.15) is 0 Å². The average Bonchev–Trinajstić information content (AvgIpc) is 2.09. The average molecular weight is 190 g/mol. The summed E-state index contributed by atoms with van der Waals surface area (Å²) in [6.45, 7) is 0. The van der Waals surface area contributed by atoms with Gasteiger partial charge in [-0.25, -0.2) is 0 Å². The lowest BCUT2D eigenvalue weighted by Crippen LogP contribution is -2.44. The first-order valence-electron chi connectivity index (χ1n) is 4.61. The minimum Gasteiger partial charge on any atom is -0.390 e. The molecule has 0 saturated heterocycles. The van der Waals surface area contributed by atoms with Gasteiger partial charge in [-0.05, 0) is 43.9 Å². The van der Waals surface area contributed by atoms with Crippen molar-refractivity contribution in [3.8, 4) is 0 Å². The van der Waals surface area contributed by atoms with Gasteiger partial charge in [0.15, 0.2) is 0 Å². The molecular formula is C9H16ClNO. The van der Waals surface area contributed by atoms with Crippen molar-refractivity contribution in [1.29, 1.82) is 0 Å². The summed E-state index contributed by atoms with van der Waals surface area (Å²) in [5.74, 6) is 1.39. The normalized spacial score (nSPS) is 60.5. The summed E-state index contributed by atoms with van der Waals surface area (Å²) in [4.78, 5) is 0. The zero-order valence-electron chi connectivity index (χ0n) is 7.12. The summed E-state index contributed by atoms with van der Waals surface area (Å²) >= 11 is 0. The molecule has 3 N–H and O–H groups in total. The standard InChI is InChI=1S/C9H15NO.ClH/c10-9-3-6-1-7(9)4-8(11,2-6)5-9;/h6-7,11H,1-5,10H2;1H. The van der Waals surface area contributed by atoms with Gasteiger partial charge in [-0.2, -0.15) is 0 Å². The molecule has 4 fully saturated rings. The predicted octanol–water partition coefficient (Wildman–Crippen LogP) is 1.06. The van der Waals surface area contributed by atoms with Crippen molar-refractivity contribution in [2.45, 2.75) is 43.2 Å². The third kappa shape index (κ3) is 0.889. The molecule has 0 aromatic carbocycles. The van der Waals surface area contributed by atoms with Gasteiger partial charge in [0.2, 0.25) is 0 Å². The molecule has 4 saturated carbocycles. The van der Waals surface area contributed by atoms with E-state index in [4.69, 9.17) is 5.73 Å². The first kappa shape index (κ1) is 8.79. The zero-order valence-corrected chi connectivity index (χ0v) is 7.94. The minimum absolute atomic E-state index is 0. The van der Waals surface area contributed by atoms with E-state index in [0.717, 1.165) is 25.2 Å². The number of aliphatic hydroxyl groups is 1. The van der Waals surface area contributed by atoms with Crippen molar-refractivity contribution in [2.24, 2.45) is 17.6 Å². The molecular weight excluding hydrogens is 174 g/mol. The Morgan fingerprint density at radius 2 is 2.00 bits per heavy atom. The molecule has 4 bridgehead atoms. The van der Waals surface area contributed by atoms with Gasteiger partial charge < -0.3 is 10.8 Å². The Morgan fingerprint density at radius 1 is 1.25 bits per heavy atom. The number of halogens is 1. The molecule has 2 nitrogen and oxygen atoms in total. The number of rotatable bonds is 0. The lowest BCUT2D eigenvalue weighted by Gasteiger charge is -2.35. The summed E-state index contributed by atoms with van der Waals surface area (Å²) in [5, 5.41) is 10.0.